The number of nitriles is 1. The van der Waals surface area contributed by atoms with Gasteiger partial charge >= 0.3 is 0 Å². The number of benzene rings is 2. The van der Waals surface area contributed by atoms with Gasteiger partial charge < -0.3 is 9.64 Å². The smallest absolute Gasteiger partial charge is 0.243 e. The summed E-state index contributed by atoms with van der Waals surface area (Å²) in [5, 5.41) is 8.95. The Hall–Kier alpha value is -2.89. The maximum absolute atomic E-state index is 13.6. The highest BCUT2D eigenvalue weighted by molar-refractivity contribution is 7.89. The Morgan fingerprint density at radius 3 is 2.24 bits per heavy atom. The average Bonchev–Trinajstić information content (AvgIpc) is 3.72. The van der Waals surface area contributed by atoms with Crippen LogP contribution in [0.4, 0.5) is 0 Å². The van der Waals surface area contributed by atoms with E-state index in [2.05, 4.69) is 6.92 Å². The van der Waals surface area contributed by atoms with Crippen LogP contribution in [-0.2, 0) is 21.4 Å². The molecule has 0 aromatic heterocycles. The number of sulfonamides is 1. The molecule has 34 heavy (non-hydrogen) atoms. The first-order valence-electron chi connectivity index (χ1n) is 11.8. The minimum absolute atomic E-state index is 0.116. The van der Waals surface area contributed by atoms with Gasteiger partial charge in [-0.05, 0) is 80.5 Å². The molecule has 2 fully saturated rings. The molecule has 2 aromatic rings. The Kier molecular flexibility index (Phi) is 7.24. The average molecular weight is 482 g/mol. The Bertz CT molecular complexity index is 1140. The van der Waals surface area contributed by atoms with Crippen molar-refractivity contribution in [1.29, 1.82) is 5.26 Å². The van der Waals surface area contributed by atoms with Crippen molar-refractivity contribution in [3.05, 3.63) is 59.7 Å². The minimum Gasteiger partial charge on any atom is -0.497 e. The fourth-order valence-electron chi connectivity index (χ4n) is 4.61. The van der Waals surface area contributed by atoms with Crippen LogP contribution < -0.4 is 4.74 Å². The minimum atomic E-state index is -3.64. The van der Waals surface area contributed by atoms with E-state index in [4.69, 9.17) is 10.00 Å². The highest BCUT2D eigenvalue weighted by Crippen LogP contribution is 2.37. The molecule has 1 saturated heterocycles. The normalized spacial score (nSPS) is 18.1. The summed E-state index contributed by atoms with van der Waals surface area (Å²) in [5.41, 5.74) is 1.48. The molecule has 0 bridgehead atoms. The SMILES string of the molecule is COc1ccc(CN(C(=O)C2CCN(S(=O)(=O)c3ccc(C#N)cc3)CC2)C(C)C2CC2)cc1. The fraction of sp³-hybridized carbons (Fsp3) is 0.462. The number of ether oxygens (including phenoxy) is 1. The number of hydrogen-bond acceptors (Lipinski definition) is 5. The van der Waals surface area contributed by atoms with E-state index in [1.807, 2.05) is 35.2 Å². The van der Waals surface area contributed by atoms with E-state index in [1.54, 1.807) is 7.11 Å². The van der Waals surface area contributed by atoms with Crippen molar-refractivity contribution in [2.75, 3.05) is 20.2 Å². The number of piperidine rings is 1. The molecule has 1 saturated carbocycles. The number of amides is 1. The lowest BCUT2D eigenvalue weighted by Crippen LogP contribution is -2.47. The van der Waals surface area contributed by atoms with Gasteiger partial charge in [0.15, 0.2) is 0 Å². The number of methoxy groups -OCH3 is 1. The summed E-state index contributed by atoms with van der Waals surface area (Å²) >= 11 is 0. The molecule has 1 amide bonds. The van der Waals surface area contributed by atoms with Crippen LogP contribution in [-0.4, -0.2) is 49.8 Å². The monoisotopic (exact) mass is 481 g/mol. The zero-order valence-electron chi connectivity index (χ0n) is 19.7. The van der Waals surface area contributed by atoms with E-state index < -0.39 is 10.0 Å². The summed E-state index contributed by atoms with van der Waals surface area (Å²) < 4.78 is 32.8. The molecule has 1 aliphatic heterocycles. The van der Waals surface area contributed by atoms with Gasteiger partial charge in [0.2, 0.25) is 15.9 Å². The van der Waals surface area contributed by atoms with Crippen molar-refractivity contribution in [1.82, 2.24) is 9.21 Å². The number of carbonyl (C=O) groups is 1. The molecule has 180 valence electrons. The number of carbonyl (C=O) groups excluding carboxylic acids is 1. The molecular formula is C26H31N3O4S. The molecule has 1 unspecified atom stereocenters. The van der Waals surface area contributed by atoms with Gasteiger partial charge in [-0.15, -0.1) is 0 Å². The largest absolute Gasteiger partial charge is 0.497 e. The van der Waals surface area contributed by atoms with Gasteiger partial charge in [0.1, 0.15) is 5.75 Å². The molecule has 8 heteroatoms. The fourth-order valence-corrected chi connectivity index (χ4v) is 6.08. The third-order valence-electron chi connectivity index (χ3n) is 7.02. The molecular weight excluding hydrogens is 450 g/mol. The summed E-state index contributed by atoms with van der Waals surface area (Å²) in [6.07, 6.45) is 3.30. The van der Waals surface area contributed by atoms with E-state index >= 15 is 0 Å². The summed E-state index contributed by atoms with van der Waals surface area (Å²) in [5.74, 6) is 1.25. The van der Waals surface area contributed by atoms with E-state index in [-0.39, 0.29) is 22.8 Å². The van der Waals surface area contributed by atoms with Crippen molar-refractivity contribution >= 4 is 15.9 Å². The summed E-state index contributed by atoms with van der Waals surface area (Å²) in [6.45, 7) is 3.30. The van der Waals surface area contributed by atoms with Crippen LogP contribution in [0.5, 0.6) is 5.75 Å². The number of rotatable bonds is 8. The van der Waals surface area contributed by atoms with E-state index in [9.17, 15) is 13.2 Å². The Labute approximate surface area is 202 Å². The maximum atomic E-state index is 13.6. The van der Waals surface area contributed by atoms with Crippen LogP contribution in [0.1, 0.15) is 43.7 Å². The van der Waals surface area contributed by atoms with Crippen LogP contribution >= 0.6 is 0 Å². The maximum Gasteiger partial charge on any atom is 0.243 e. The van der Waals surface area contributed by atoms with Gasteiger partial charge in [-0.3, -0.25) is 4.79 Å². The van der Waals surface area contributed by atoms with Crippen LogP contribution in [0.15, 0.2) is 53.4 Å². The summed E-state index contributed by atoms with van der Waals surface area (Å²) in [4.78, 5) is 15.8. The Morgan fingerprint density at radius 1 is 1.09 bits per heavy atom. The molecule has 1 aliphatic carbocycles. The van der Waals surface area contributed by atoms with Crippen molar-refractivity contribution in [2.24, 2.45) is 11.8 Å². The molecule has 2 aliphatic rings. The summed E-state index contributed by atoms with van der Waals surface area (Å²) in [6, 6.07) is 15.9. The molecule has 2 aromatic carbocycles. The second-order valence-electron chi connectivity index (χ2n) is 9.21. The Morgan fingerprint density at radius 2 is 1.71 bits per heavy atom. The Balaban J connectivity index is 1.43. The molecule has 1 heterocycles. The van der Waals surface area contributed by atoms with Gasteiger partial charge in [-0.25, -0.2) is 8.42 Å². The third-order valence-corrected chi connectivity index (χ3v) is 8.93. The van der Waals surface area contributed by atoms with Crippen LogP contribution in [0.25, 0.3) is 0 Å². The first-order chi connectivity index (χ1) is 16.3. The van der Waals surface area contributed by atoms with Gasteiger partial charge in [0, 0.05) is 31.6 Å². The molecule has 7 nitrogen and oxygen atoms in total. The van der Waals surface area contributed by atoms with Gasteiger partial charge in [0.25, 0.3) is 0 Å². The standard InChI is InChI=1S/C26H31N3O4S/c1-19(22-7-8-22)29(18-21-3-9-24(33-2)10-4-21)26(30)23-13-15-28(16-14-23)34(31,32)25-11-5-20(17-27)6-12-25/h3-6,9-12,19,22-23H,7-8,13-16,18H2,1-2H3. The molecule has 0 radical (unpaired) electrons. The van der Waals surface area contributed by atoms with Crippen molar-refractivity contribution in [2.45, 2.75) is 50.1 Å². The van der Waals surface area contributed by atoms with Crippen molar-refractivity contribution in [3.63, 3.8) is 0 Å². The van der Waals surface area contributed by atoms with Crippen LogP contribution in [0.3, 0.4) is 0 Å². The zero-order chi connectivity index (χ0) is 24.3. The molecule has 4 rings (SSSR count). The van der Waals surface area contributed by atoms with Crippen LogP contribution in [0, 0.1) is 23.2 Å². The second-order valence-corrected chi connectivity index (χ2v) is 11.1. The lowest BCUT2D eigenvalue weighted by atomic mass is 9.95. The third kappa shape index (κ3) is 5.26. The molecule has 0 N–H and O–H groups in total. The predicted octanol–water partition coefficient (Wildman–Crippen LogP) is 3.79. The highest BCUT2D eigenvalue weighted by Gasteiger charge is 2.39. The van der Waals surface area contributed by atoms with Gasteiger partial charge in [-0.1, -0.05) is 12.1 Å². The lowest BCUT2D eigenvalue weighted by Gasteiger charge is -2.36. The second kappa shape index (κ2) is 10.2. The first kappa shape index (κ1) is 24.2. The summed E-state index contributed by atoms with van der Waals surface area (Å²) in [7, 11) is -2.01. The first-order valence-corrected chi connectivity index (χ1v) is 13.2. The van der Waals surface area contributed by atoms with Gasteiger partial charge in [-0.2, -0.15) is 9.57 Å². The van der Waals surface area contributed by atoms with E-state index in [1.165, 1.54) is 28.6 Å². The number of nitrogens with zero attached hydrogens (tertiary/aromatic N) is 3. The quantitative estimate of drug-likeness (QED) is 0.572. The van der Waals surface area contributed by atoms with Crippen LogP contribution in [0.2, 0.25) is 0 Å². The predicted molar refractivity (Wildman–Crippen MR) is 128 cm³/mol. The zero-order valence-corrected chi connectivity index (χ0v) is 20.5. The van der Waals surface area contributed by atoms with E-state index in [0.29, 0.717) is 44.0 Å². The van der Waals surface area contributed by atoms with Crippen molar-refractivity contribution in [3.8, 4) is 11.8 Å². The molecule has 1 atom stereocenters. The molecule has 0 spiro atoms. The lowest BCUT2D eigenvalue weighted by molar-refractivity contribution is -0.140. The highest BCUT2D eigenvalue weighted by atomic mass is 32.2. The van der Waals surface area contributed by atoms with Gasteiger partial charge in [0.05, 0.1) is 23.6 Å². The van der Waals surface area contributed by atoms with Crippen molar-refractivity contribution < 1.29 is 17.9 Å². The topological polar surface area (TPSA) is 90.7 Å². The van der Waals surface area contributed by atoms with E-state index in [0.717, 1.165) is 24.2 Å². The number of hydrogen-bond donors (Lipinski definition) is 0.